The fourth-order valence-electron chi connectivity index (χ4n) is 5.73. The molecule has 3 N–H and O–H groups in total. The van der Waals surface area contributed by atoms with E-state index in [1.54, 1.807) is 16.9 Å². The zero-order valence-electron chi connectivity index (χ0n) is 23.9. The standard InChI is InChI=1S/C34H31N7O2/c1-3-4-9-22-13-16-24(17-14-22)36-32-34-38-33-30(21(2)39-41(33)29-12-7-8-19-35-29)31(23-15-18-27(42)28(43)20-23)40(34)26-11-6-5-10-25(26)37-32/h5-8,10-20,31,42-43H,3-4,9H2,1-2H3,(H,36,37). The first-order valence-electron chi connectivity index (χ1n) is 14.5. The first kappa shape index (κ1) is 26.5. The maximum absolute atomic E-state index is 10.6. The summed E-state index contributed by atoms with van der Waals surface area (Å²) in [5, 5.41) is 29.2. The number of para-hydroxylation sites is 2. The predicted molar refractivity (Wildman–Crippen MR) is 169 cm³/mol. The lowest BCUT2D eigenvalue weighted by Gasteiger charge is -2.40. The molecule has 3 aromatic carbocycles. The molecular weight excluding hydrogens is 538 g/mol. The van der Waals surface area contributed by atoms with Gasteiger partial charge in [0.05, 0.1) is 23.1 Å². The molecule has 2 aliphatic rings. The molecule has 0 bridgehead atoms. The summed E-state index contributed by atoms with van der Waals surface area (Å²) in [6, 6.07) is 26.6. The van der Waals surface area contributed by atoms with Gasteiger partial charge in [0.15, 0.2) is 34.8 Å². The fourth-order valence-corrected chi connectivity index (χ4v) is 5.73. The van der Waals surface area contributed by atoms with Gasteiger partial charge in [0, 0.05) is 17.4 Å². The molecule has 1 unspecified atom stereocenters. The zero-order valence-corrected chi connectivity index (χ0v) is 23.9. The van der Waals surface area contributed by atoms with E-state index in [0.717, 1.165) is 53.1 Å². The van der Waals surface area contributed by atoms with E-state index in [0.29, 0.717) is 23.3 Å². The molecule has 0 saturated carbocycles. The van der Waals surface area contributed by atoms with Crippen molar-refractivity contribution in [1.82, 2.24) is 14.8 Å². The lowest BCUT2D eigenvalue weighted by molar-refractivity contribution is 0.403. The Morgan fingerprint density at radius 2 is 1.70 bits per heavy atom. The van der Waals surface area contributed by atoms with Crippen LogP contribution in [0.25, 0.3) is 5.82 Å². The van der Waals surface area contributed by atoms with Crippen LogP contribution in [0.1, 0.15) is 48.2 Å². The Balaban J connectivity index is 1.43. The van der Waals surface area contributed by atoms with E-state index in [2.05, 4.69) is 46.4 Å². The number of phenols is 2. The van der Waals surface area contributed by atoms with E-state index in [9.17, 15) is 10.2 Å². The quantitative estimate of drug-likeness (QED) is 0.188. The van der Waals surface area contributed by atoms with Gasteiger partial charge in [-0.05, 0) is 79.4 Å². The van der Waals surface area contributed by atoms with Crippen LogP contribution >= 0.6 is 0 Å². The summed E-state index contributed by atoms with van der Waals surface area (Å²) in [5.74, 6) is 2.09. The summed E-state index contributed by atoms with van der Waals surface area (Å²) < 4.78 is 1.75. The van der Waals surface area contributed by atoms with E-state index >= 15 is 0 Å². The van der Waals surface area contributed by atoms with Crippen LogP contribution in [-0.2, 0) is 6.42 Å². The summed E-state index contributed by atoms with van der Waals surface area (Å²) in [6.07, 6.45) is 5.09. The highest BCUT2D eigenvalue weighted by molar-refractivity contribution is 6.51. The number of rotatable bonds is 6. The van der Waals surface area contributed by atoms with Crippen LogP contribution in [0.3, 0.4) is 0 Å². The van der Waals surface area contributed by atoms with Crippen LogP contribution in [0.5, 0.6) is 11.5 Å². The minimum Gasteiger partial charge on any atom is -0.504 e. The Hall–Kier alpha value is -5.44. The van der Waals surface area contributed by atoms with Gasteiger partial charge in [0.1, 0.15) is 0 Å². The Kier molecular flexibility index (Phi) is 6.62. The highest BCUT2D eigenvalue weighted by Crippen LogP contribution is 2.49. The Labute approximate surface area is 249 Å². The second-order valence-corrected chi connectivity index (χ2v) is 10.8. The highest BCUT2D eigenvalue weighted by atomic mass is 16.3. The number of nitrogens with zero attached hydrogens (tertiary/aromatic N) is 6. The molecule has 1 atom stereocenters. The molecule has 0 aliphatic carbocycles. The number of nitrogens with one attached hydrogen (secondary N) is 1. The normalized spacial score (nSPS) is 15.2. The maximum Gasteiger partial charge on any atom is 0.179 e. The largest absolute Gasteiger partial charge is 0.504 e. The van der Waals surface area contributed by atoms with Crippen LogP contribution in [0.2, 0.25) is 0 Å². The van der Waals surface area contributed by atoms with Crippen LogP contribution in [0, 0.1) is 6.92 Å². The first-order chi connectivity index (χ1) is 21.0. The topological polar surface area (TPSA) is 111 Å². The summed E-state index contributed by atoms with van der Waals surface area (Å²) >= 11 is 0. The molecular formula is C34H31N7O2. The van der Waals surface area contributed by atoms with Crippen molar-refractivity contribution in [3.63, 3.8) is 0 Å². The second kappa shape index (κ2) is 10.8. The molecule has 5 aromatic rings. The number of amidine groups is 2. The van der Waals surface area contributed by atoms with Crippen molar-refractivity contribution < 1.29 is 10.2 Å². The number of benzene rings is 3. The monoisotopic (exact) mass is 569 g/mol. The summed E-state index contributed by atoms with van der Waals surface area (Å²) in [4.78, 5) is 16.9. The van der Waals surface area contributed by atoms with Crippen molar-refractivity contribution in [3.8, 4) is 17.3 Å². The number of hydrogen-bond acceptors (Lipinski definition) is 8. The summed E-state index contributed by atoms with van der Waals surface area (Å²) in [5.41, 5.74) is 6.27. The Bertz CT molecular complexity index is 1880. The molecule has 9 nitrogen and oxygen atoms in total. The van der Waals surface area contributed by atoms with E-state index in [-0.39, 0.29) is 11.5 Å². The van der Waals surface area contributed by atoms with Crippen molar-refractivity contribution in [1.29, 1.82) is 0 Å². The molecule has 43 heavy (non-hydrogen) atoms. The molecule has 0 fully saturated rings. The molecule has 2 aromatic heterocycles. The van der Waals surface area contributed by atoms with Gasteiger partial charge >= 0.3 is 0 Å². The van der Waals surface area contributed by atoms with Crippen molar-refractivity contribution in [2.24, 2.45) is 9.98 Å². The molecule has 0 amide bonds. The first-order valence-corrected chi connectivity index (χ1v) is 14.5. The Morgan fingerprint density at radius 3 is 2.47 bits per heavy atom. The number of phenolic OH excluding ortho intramolecular Hbond substituents is 2. The number of unbranched alkanes of at least 4 members (excludes halogenated alkanes) is 1. The average Bonchev–Trinajstić information content (AvgIpc) is 3.37. The predicted octanol–water partition coefficient (Wildman–Crippen LogP) is 7.12. The lowest BCUT2D eigenvalue weighted by atomic mass is 9.93. The molecule has 4 heterocycles. The molecule has 9 heteroatoms. The second-order valence-electron chi connectivity index (χ2n) is 10.8. The van der Waals surface area contributed by atoms with Crippen LogP contribution in [0.4, 0.5) is 22.9 Å². The number of anilines is 2. The van der Waals surface area contributed by atoms with Gasteiger partial charge in [-0.1, -0.05) is 49.7 Å². The minimum atomic E-state index is -0.434. The van der Waals surface area contributed by atoms with E-state index < -0.39 is 6.04 Å². The number of aryl methyl sites for hydroxylation is 2. The number of aromatic nitrogens is 3. The molecule has 2 aliphatic heterocycles. The van der Waals surface area contributed by atoms with Gasteiger partial charge in [-0.15, -0.1) is 0 Å². The number of aliphatic imine (C=N–C) groups is 2. The smallest absolute Gasteiger partial charge is 0.179 e. The van der Waals surface area contributed by atoms with E-state index in [1.165, 1.54) is 11.6 Å². The third kappa shape index (κ3) is 4.68. The summed E-state index contributed by atoms with van der Waals surface area (Å²) in [7, 11) is 0. The molecule has 214 valence electrons. The number of aromatic hydroxyl groups is 2. The highest BCUT2D eigenvalue weighted by Gasteiger charge is 2.41. The van der Waals surface area contributed by atoms with Crippen molar-refractivity contribution in [2.75, 3.05) is 10.2 Å². The minimum absolute atomic E-state index is 0.181. The molecule has 7 rings (SSSR count). The van der Waals surface area contributed by atoms with Gasteiger partial charge in [-0.25, -0.2) is 15.0 Å². The summed E-state index contributed by atoms with van der Waals surface area (Å²) in [6.45, 7) is 4.15. The van der Waals surface area contributed by atoms with Gasteiger partial charge in [0.2, 0.25) is 0 Å². The van der Waals surface area contributed by atoms with Gasteiger partial charge in [0.25, 0.3) is 0 Å². The maximum atomic E-state index is 10.6. The zero-order chi connectivity index (χ0) is 29.5. The van der Waals surface area contributed by atoms with E-state index in [1.807, 2.05) is 55.5 Å². The third-order valence-electron chi connectivity index (χ3n) is 7.86. The average molecular weight is 570 g/mol. The van der Waals surface area contributed by atoms with Crippen LogP contribution in [0.15, 0.2) is 101 Å². The van der Waals surface area contributed by atoms with Crippen LogP contribution < -0.4 is 10.2 Å². The number of pyridine rings is 1. The molecule has 0 spiro atoms. The van der Waals surface area contributed by atoms with Gasteiger partial charge in [-0.3, -0.25) is 0 Å². The third-order valence-corrected chi connectivity index (χ3v) is 7.86. The molecule has 0 radical (unpaired) electrons. The number of hydrogen-bond donors (Lipinski definition) is 3. The van der Waals surface area contributed by atoms with Gasteiger partial charge < -0.3 is 20.4 Å². The van der Waals surface area contributed by atoms with Crippen molar-refractivity contribution >= 4 is 34.6 Å². The lowest BCUT2D eigenvalue weighted by Crippen LogP contribution is -2.46. The van der Waals surface area contributed by atoms with Crippen molar-refractivity contribution in [2.45, 2.75) is 39.2 Å². The van der Waals surface area contributed by atoms with Crippen molar-refractivity contribution in [3.05, 3.63) is 114 Å². The fraction of sp³-hybridized carbons (Fsp3) is 0.176. The van der Waals surface area contributed by atoms with Gasteiger partial charge in [-0.2, -0.15) is 9.78 Å². The van der Waals surface area contributed by atoms with E-state index in [4.69, 9.17) is 15.1 Å². The Morgan fingerprint density at radius 1 is 0.884 bits per heavy atom. The number of fused-ring (bicyclic) bond motifs is 4. The van der Waals surface area contributed by atoms with Crippen LogP contribution in [-0.4, -0.2) is 36.6 Å². The SMILES string of the molecule is CCCCc1ccc(NC2=Nc3ccccc3N3C2=Nc2c(c(C)nn2-c2ccccn2)C3c2ccc(O)c(O)c2)cc1. The molecule has 0 saturated heterocycles.